The van der Waals surface area contributed by atoms with Crippen LogP contribution in [0, 0.1) is 5.82 Å². The number of benzene rings is 1. The summed E-state index contributed by atoms with van der Waals surface area (Å²) in [4.78, 5) is 28.7. The number of fused-ring (bicyclic) bond motifs is 1. The topological polar surface area (TPSA) is 73.4 Å². The lowest BCUT2D eigenvalue weighted by molar-refractivity contribution is -0.126. The van der Waals surface area contributed by atoms with Gasteiger partial charge in [0.05, 0.1) is 11.2 Å². The summed E-state index contributed by atoms with van der Waals surface area (Å²) in [7, 11) is 0. The number of aromatic amines is 1. The summed E-state index contributed by atoms with van der Waals surface area (Å²) in [6, 6.07) is 4.03. The van der Waals surface area contributed by atoms with Crippen molar-refractivity contribution in [3.63, 3.8) is 0 Å². The molecule has 0 bridgehead atoms. The quantitative estimate of drug-likeness (QED) is 0.650. The van der Waals surface area contributed by atoms with E-state index in [9.17, 15) is 19.1 Å². The molecule has 3 rings (SSSR count). The zero-order valence-electron chi connectivity index (χ0n) is 11.5. The van der Waals surface area contributed by atoms with Crippen LogP contribution in [0.5, 0.6) is 0 Å². The highest BCUT2D eigenvalue weighted by Gasteiger charge is 2.36. The summed E-state index contributed by atoms with van der Waals surface area (Å²) >= 11 is 0. The van der Waals surface area contributed by atoms with Crippen LogP contribution in [0.2, 0.25) is 0 Å². The minimum absolute atomic E-state index is 0.133. The molecule has 21 heavy (non-hydrogen) atoms. The minimum atomic E-state index is -0.956. The second-order valence-electron chi connectivity index (χ2n) is 5.70. The third kappa shape index (κ3) is 2.42. The molecule has 1 aliphatic heterocycles. The lowest BCUT2D eigenvalue weighted by Gasteiger charge is -2.18. The van der Waals surface area contributed by atoms with Crippen molar-refractivity contribution >= 4 is 22.6 Å². The normalized spacial score (nSPS) is 22.0. The van der Waals surface area contributed by atoms with Crippen molar-refractivity contribution in [1.82, 2.24) is 9.88 Å². The highest BCUT2D eigenvalue weighted by molar-refractivity contribution is 6.44. The second kappa shape index (κ2) is 4.66. The van der Waals surface area contributed by atoms with E-state index in [4.69, 9.17) is 0 Å². The van der Waals surface area contributed by atoms with Gasteiger partial charge in [-0.3, -0.25) is 9.59 Å². The number of amides is 1. The van der Waals surface area contributed by atoms with Crippen molar-refractivity contribution in [2.24, 2.45) is 0 Å². The van der Waals surface area contributed by atoms with E-state index >= 15 is 0 Å². The van der Waals surface area contributed by atoms with Crippen LogP contribution in [0.25, 0.3) is 10.9 Å². The van der Waals surface area contributed by atoms with Gasteiger partial charge in [-0.1, -0.05) is 0 Å². The first kappa shape index (κ1) is 13.8. The molecule has 0 spiro atoms. The number of carbonyl (C=O) groups is 2. The molecule has 1 atom stereocenters. The molecule has 0 radical (unpaired) electrons. The molecule has 1 aliphatic rings. The Kier molecular flexibility index (Phi) is 3.06. The Morgan fingerprint density at radius 2 is 2.19 bits per heavy atom. The first-order valence-electron chi connectivity index (χ1n) is 6.70. The van der Waals surface area contributed by atoms with E-state index in [1.165, 1.54) is 29.3 Å². The Morgan fingerprint density at radius 1 is 1.43 bits per heavy atom. The molecule has 0 saturated carbocycles. The van der Waals surface area contributed by atoms with Crippen molar-refractivity contribution in [2.45, 2.75) is 18.9 Å². The highest BCUT2D eigenvalue weighted by Crippen LogP contribution is 2.24. The number of aromatic nitrogens is 1. The van der Waals surface area contributed by atoms with Crippen LogP contribution in [0.4, 0.5) is 4.39 Å². The summed E-state index contributed by atoms with van der Waals surface area (Å²) in [6.07, 6.45) is 1.85. The molecule has 1 fully saturated rings. The fraction of sp³-hybridized carbons (Fsp3) is 0.333. The van der Waals surface area contributed by atoms with Gasteiger partial charge in [-0.2, -0.15) is 0 Å². The summed E-state index contributed by atoms with van der Waals surface area (Å²) in [6.45, 7) is 2.11. The van der Waals surface area contributed by atoms with Crippen LogP contribution in [0.1, 0.15) is 23.7 Å². The van der Waals surface area contributed by atoms with Gasteiger partial charge in [0.2, 0.25) is 0 Å². The maximum atomic E-state index is 13.3. The van der Waals surface area contributed by atoms with E-state index in [0.717, 1.165) is 0 Å². The lowest BCUT2D eigenvalue weighted by atomic mass is 10.1. The molecule has 1 amide bonds. The molecule has 2 aromatic rings. The molecule has 5 nitrogen and oxygen atoms in total. The molecule has 1 aromatic heterocycles. The van der Waals surface area contributed by atoms with Gasteiger partial charge in [0.1, 0.15) is 5.82 Å². The van der Waals surface area contributed by atoms with Crippen molar-refractivity contribution in [1.29, 1.82) is 0 Å². The predicted molar refractivity (Wildman–Crippen MR) is 74.4 cm³/mol. The van der Waals surface area contributed by atoms with Gasteiger partial charge >= 0.3 is 0 Å². The summed E-state index contributed by atoms with van der Waals surface area (Å²) in [5.41, 5.74) is -0.204. The summed E-state index contributed by atoms with van der Waals surface area (Å²) in [5.74, 6) is -1.82. The number of β-amino-alcohol motifs (C(OH)–C–C–N with tert-alkyl or cyclic N) is 1. The van der Waals surface area contributed by atoms with Crippen LogP contribution >= 0.6 is 0 Å². The number of nitrogens with one attached hydrogen (secondary N) is 1. The Hall–Kier alpha value is -2.21. The number of ketones is 1. The number of aliphatic hydroxyl groups is 1. The number of hydrogen-bond acceptors (Lipinski definition) is 3. The number of hydrogen-bond donors (Lipinski definition) is 2. The second-order valence-corrected chi connectivity index (χ2v) is 5.70. The van der Waals surface area contributed by atoms with Gasteiger partial charge in [0.25, 0.3) is 11.7 Å². The maximum absolute atomic E-state index is 13.3. The van der Waals surface area contributed by atoms with Gasteiger partial charge in [-0.05, 0) is 31.5 Å². The Balaban J connectivity index is 1.90. The van der Waals surface area contributed by atoms with Gasteiger partial charge in [-0.15, -0.1) is 0 Å². The van der Waals surface area contributed by atoms with E-state index < -0.39 is 23.1 Å². The number of likely N-dealkylation sites (tertiary alicyclic amines) is 1. The number of Topliss-reactive ketones (excluding diaryl/α,β-unsaturated/α-hetero) is 1. The van der Waals surface area contributed by atoms with E-state index in [1.54, 1.807) is 6.92 Å². The van der Waals surface area contributed by atoms with Crippen LogP contribution < -0.4 is 0 Å². The Labute approximate surface area is 120 Å². The SMILES string of the molecule is CC1(O)CCN(C(=O)C(=O)c2c[nH]c3ccc(F)cc23)C1. The van der Waals surface area contributed by atoms with Gasteiger partial charge in [0, 0.05) is 30.2 Å². The number of halogens is 1. The van der Waals surface area contributed by atoms with Crippen LogP contribution in [0.15, 0.2) is 24.4 Å². The molecule has 110 valence electrons. The molecule has 2 heterocycles. The van der Waals surface area contributed by atoms with Gasteiger partial charge in [0.15, 0.2) is 0 Å². The zero-order valence-corrected chi connectivity index (χ0v) is 11.5. The molecule has 1 unspecified atom stereocenters. The number of H-pyrrole nitrogens is 1. The van der Waals surface area contributed by atoms with Crippen molar-refractivity contribution < 1.29 is 19.1 Å². The molecular formula is C15H15FN2O3. The monoisotopic (exact) mass is 290 g/mol. The summed E-state index contributed by atoms with van der Waals surface area (Å²) < 4.78 is 13.3. The van der Waals surface area contributed by atoms with Gasteiger partial charge in [-0.25, -0.2) is 4.39 Å². The summed E-state index contributed by atoms with van der Waals surface area (Å²) in [5, 5.41) is 10.3. The van der Waals surface area contributed by atoms with Crippen LogP contribution in [-0.2, 0) is 4.79 Å². The van der Waals surface area contributed by atoms with E-state index in [2.05, 4.69) is 4.98 Å². The average Bonchev–Trinajstić information content (AvgIpc) is 3.00. The van der Waals surface area contributed by atoms with E-state index in [1.807, 2.05) is 0 Å². The Morgan fingerprint density at radius 3 is 2.86 bits per heavy atom. The molecule has 1 saturated heterocycles. The standard InChI is InChI=1S/C15H15FN2O3/c1-15(21)4-5-18(8-15)14(20)13(19)11-7-17-12-3-2-9(16)6-10(11)12/h2-3,6-7,17,21H,4-5,8H2,1H3. The number of rotatable bonds is 2. The average molecular weight is 290 g/mol. The van der Waals surface area contributed by atoms with Crippen molar-refractivity contribution in [2.75, 3.05) is 13.1 Å². The molecular weight excluding hydrogens is 275 g/mol. The third-order valence-electron chi connectivity index (χ3n) is 3.82. The fourth-order valence-electron chi connectivity index (χ4n) is 2.66. The number of nitrogens with zero attached hydrogens (tertiary/aromatic N) is 1. The van der Waals surface area contributed by atoms with Crippen LogP contribution in [-0.4, -0.2) is 45.4 Å². The largest absolute Gasteiger partial charge is 0.388 e. The minimum Gasteiger partial charge on any atom is -0.388 e. The van der Waals surface area contributed by atoms with Gasteiger partial charge < -0.3 is 15.0 Å². The maximum Gasteiger partial charge on any atom is 0.295 e. The smallest absolute Gasteiger partial charge is 0.295 e. The lowest BCUT2D eigenvalue weighted by Crippen LogP contribution is -2.37. The molecule has 0 aliphatic carbocycles. The third-order valence-corrected chi connectivity index (χ3v) is 3.82. The molecule has 1 aromatic carbocycles. The zero-order chi connectivity index (χ0) is 15.2. The molecule has 2 N–H and O–H groups in total. The van der Waals surface area contributed by atoms with E-state index in [-0.39, 0.29) is 12.1 Å². The Bertz CT molecular complexity index is 736. The first-order chi connectivity index (χ1) is 9.87. The predicted octanol–water partition coefficient (Wildman–Crippen LogP) is 1.47. The molecule has 6 heteroatoms. The van der Waals surface area contributed by atoms with Crippen molar-refractivity contribution in [3.05, 3.63) is 35.8 Å². The number of carbonyl (C=O) groups excluding carboxylic acids is 2. The highest BCUT2D eigenvalue weighted by atomic mass is 19.1. The van der Waals surface area contributed by atoms with E-state index in [0.29, 0.717) is 23.9 Å². The fourth-order valence-corrected chi connectivity index (χ4v) is 2.66. The van der Waals surface area contributed by atoms with Crippen LogP contribution in [0.3, 0.4) is 0 Å². The van der Waals surface area contributed by atoms with Crippen molar-refractivity contribution in [3.8, 4) is 0 Å². The first-order valence-corrected chi connectivity index (χ1v) is 6.70.